The highest BCUT2D eigenvalue weighted by Gasteiger charge is 2.16. The zero-order chi connectivity index (χ0) is 22.1. The zero-order valence-electron chi connectivity index (χ0n) is 17.7. The summed E-state index contributed by atoms with van der Waals surface area (Å²) < 4.78 is 32.3. The number of hydrogen-bond acceptors (Lipinski definition) is 5. The van der Waals surface area contributed by atoms with Gasteiger partial charge in [0.05, 0.1) is 4.90 Å². The van der Waals surface area contributed by atoms with Gasteiger partial charge >= 0.3 is 12.1 Å². The maximum absolute atomic E-state index is 12.3. The van der Waals surface area contributed by atoms with Crippen molar-refractivity contribution in [2.75, 3.05) is 32.5 Å². The molecule has 0 fully saturated rings. The van der Waals surface area contributed by atoms with Crippen LogP contribution in [0.2, 0.25) is 0 Å². The van der Waals surface area contributed by atoms with Gasteiger partial charge in [0.25, 0.3) is 0 Å². The van der Waals surface area contributed by atoms with E-state index in [1.165, 1.54) is 29.2 Å². The molecule has 0 saturated heterocycles. The Hall–Kier alpha value is -2.33. The van der Waals surface area contributed by atoms with E-state index in [-0.39, 0.29) is 10.9 Å². The predicted molar refractivity (Wildman–Crippen MR) is 112 cm³/mol. The van der Waals surface area contributed by atoms with Gasteiger partial charge in [-0.25, -0.2) is 22.7 Å². The van der Waals surface area contributed by atoms with E-state index < -0.39 is 21.7 Å². The summed E-state index contributed by atoms with van der Waals surface area (Å²) in [4.78, 5) is 24.6. The minimum Gasteiger partial charge on any atom is -0.444 e. The van der Waals surface area contributed by atoms with Crippen LogP contribution in [0.4, 0.5) is 15.3 Å². The van der Waals surface area contributed by atoms with Gasteiger partial charge in [-0.05, 0) is 57.9 Å². The first kappa shape index (κ1) is 24.7. The molecule has 1 aromatic carbocycles. The monoisotopic (exact) mass is 428 g/mol. The van der Waals surface area contributed by atoms with E-state index in [4.69, 9.17) is 4.74 Å². The van der Waals surface area contributed by atoms with Crippen LogP contribution >= 0.6 is 0 Å². The minimum atomic E-state index is -3.61. The van der Waals surface area contributed by atoms with Crippen LogP contribution in [0.5, 0.6) is 0 Å². The van der Waals surface area contributed by atoms with E-state index in [2.05, 4.69) is 15.4 Å². The second-order valence-corrected chi connectivity index (χ2v) is 9.50. The molecule has 0 aliphatic heterocycles. The lowest BCUT2D eigenvalue weighted by molar-refractivity contribution is 0.0527. The first-order valence-corrected chi connectivity index (χ1v) is 10.9. The molecule has 29 heavy (non-hydrogen) atoms. The lowest BCUT2D eigenvalue weighted by Gasteiger charge is -2.19. The number of ether oxygens (including phenoxy) is 1. The number of nitrogens with one attached hydrogen (secondary N) is 3. The molecule has 0 unspecified atom stereocenters. The Morgan fingerprint density at radius 2 is 1.59 bits per heavy atom. The van der Waals surface area contributed by atoms with Gasteiger partial charge in [-0.15, -0.1) is 0 Å². The van der Waals surface area contributed by atoms with E-state index in [0.29, 0.717) is 25.2 Å². The van der Waals surface area contributed by atoms with Crippen LogP contribution < -0.4 is 15.4 Å². The van der Waals surface area contributed by atoms with Gasteiger partial charge in [-0.1, -0.05) is 6.42 Å². The summed E-state index contributed by atoms with van der Waals surface area (Å²) in [7, 11) is -0.378. The van der Waals surface area contributed by atoms with Crippen LogP contribution in [0.15, 0.2) is 29.2 Å². The number of unbranched alkanes of at least 4 members (excludes halogenated alkanes) is 2. The topological polar surface area (TPSA) is 117 Å². The van der Waals surface area contributed by atoms with Crippen molar-refractivity contribution in [3.63, 3.8) is 0 Å². The van der Waals surface area contributed by atoms with Gasteiger partial charge in [-0.2, -0.15) is 0 Å². The predicted octanol–water partition coefficient (Wildman–Crippen LogP) is 2.75. The van der Waals surface area contributed by atoms with Crippen LogP contribution in [0.3, 0.4) is 0 Å². The molecule has 1 rings (SSSR count). The number of anilines is 1. The normalized spacial score (nSPS) is 11.6. The molecule has 0 atom stereocenters. The number of amides is 3. The molecule has 0 radical (unpaired) electrons. The van der Waals surface area contributed by atoms with Gasteiger partial charge in [0.2, 0.25) is 10.0 Å². The number of hydrogen-bond donors (Lipinski definition) is 3. The molecule has 0 aliphatic carbocycles. The smallest absolute Gasteiger partial charge is 0.407 e. The first-order valence-electron chi connectivity index (χ1n) is 9.45. The van der Waals surface area contributed by atoms with E-state index in [1.54, 1.807) is 34.9 Å². The highest BCUT2D eigenvalue weighted by molar-refractivity contribution is 7.89. The average molecular weight is 429 g/mol. The number of nitrogens with zero attached hydrogens (tertiary/aromatic N) is 1. The summed E-state index contributed by atoms with van der Waals surface area (Å²) in [6.07, 6.45) is 1.67. The molecule has 0 bridgehead atoms. The fraction of sp³-hybridized carbons (Fsp3) is 0.579. The van der Waals surface area contributed by atoms with Crippen LogP contribution in [0.25, 0.3) is 0 Å². The summed E-state index contributed by atoms with van der Waals surface area (Å²) in [5, 5.41) is 5.31. The number of alkyl carbamates (subject to hydrolysis) is 1. The lowest BCUT2D eigenvalue weighted by atomic mass is 10.2. The number of sulfonamides is 1. The Bertz CT molecular complexity index is 771. The summed E-state index contributed by atoms with van der Waals surface area (Å²) in [6.45, 7) is 6.17. The summed E-state index contributed by atoms with van der Waals surface area (Å²) in [6, 6.07) is 5.67. The van der Waals surface area contributed by atoms with E-state index in [0.717, 1.165) is 12.8 Å². The Labute approximate surface area is 173 Å². The molecule has 0 aromatic heterocycles. The molecule has 0 spiro atoms. The average Bonchev–Trinajstić information content (AvgIpc) is 2.59. The maximum atomic E-state index is 12.3. The maximum Gasteiger partial charge on any atom is 0.407 e. The Morgan fingerprint density at radius 3 is 2.14 bits per heavy atom. The standard InChI is InChI=1S/C19H32N4O5S/c1-19(2,3)28-18(25)20-13-7-6-8-14-21-29(26,27)16-11-9-15(10-12-16)22-17(24)23(4)5/h9-12,21H,6-8,13-14H2,1-5H3,(H,20,25)(H,22,24). The fourth-order valence-electron chi connectivity index (χ4n) is 2.17. The van der Waals surface area contributed by atoms with Crippen LogP contribution in [0, 0.1) is 0 Å². The second kappa shape index (κ2) is 11.0. The van der Waals surface area contributed by atoms with Crippen molar-refractivity contribution in [2.24, 2.45) is 0 Å². The van der Waals surface area contributed by atoms with E-state index in [9.17, 15) is 18.0 Å². The van der Waals surface area contributed by atoms with Gasteiger partial charge in [0, 0.05) is 32.9 Å². The van der Waals surface area contributed by atoms with Gasteiger partial charge < -0.3 is 20.3 Å². The molecule has 164 valence electrons. The molecular formula is C19H32N4O5S. The zero-order valence-corrected chi connectivity index (χ0v) is 18.6. The molecule has 3 amide bonds. The number of benzene rings is 1. The molecule has 0 aliphatic rings. The van der Waals surface area contributed by atoms with Crippen molar-refractivity contribution in [1.29, 1.82) is 0 Å². The molecular weight excluding hydrogens is 396 g/mol. The molecule has 0 heterocycles. The third-order valence-electron chi connectivity index (χ3n) is 3.64. The Morgan fingerprint density at radius 1 is 1.00 bits per heavy atom. The quantitative estimate of drug-likeness (QED) is 0.523. The second-order valence-electron chi connectivity index (χ2n) is 7.74. The van der Waals surface area contributed by atoms with Crippen molar-refractivity contribution in [3.05, 3.63) is 24.3 Å². The largest absolute Gasteiger partial charge is 0.444 e. The van der Waals surface area contributed by atoms with Crippen LogP contribution in [-0.4, -0.2) is 58.2 Å². The van der Waals surface area contributed by atoms with Crippen molar-refractivity contribution in [2.45, 2.75) is 50.5 Å². The molecule has 1 aromatic rings. The summed E-state index contributed by atoms with van der Waals surface area (Å²) >= 11 is 0. The molecule has 3 N–H and O–H groups in total. The number of carbonyl (C=O) groups excluding carboxylic acids is 2. The molecule has 10 heteroatoms. The Balaban J connectivity index is 2.32. The fourth-order valence-corrected chi connectivity index (χ4v) is 3.25. The summed E-state index contributed by atoms with van der Waals surface area (Å²) in [5.41, 5.74) is -0.0152. The number of rotatable bonds is 9. The van der Waals surface area contributed by atoms with Crippen LogP contribution in [-0.2, 0) is 14.8 Å². The van der Waals surface area contributed by atoms with E-state index >= 15 is 0 Å². The van der Waals surface area contributed by atoms with Crippen LogP contribution in [0.1, 0.15) is 40.0 Å². The molecule has 9 nitrogen and oxygen atoms in total. The SMILES string of the molecule is CN(C)C(=O)Nc1ccc(S(=O)(=O)NCCCCCNC(=O)OC(C)(C)C)cc1. The van der Waals surface area contributed by atoms with E-state index in [1.807, 2.05) is 0 Å². The highest BCUT2D eigenvalue weighted by atomic mass is 32.2. The minimum absolute atomic E-state index is 0.131. The van der Waals surface area contributed by atoms with Crippen molar-refractivity contribution in [3.8, 4) is 0 Å². The third-order valence-corrected chi connectivity index (χ3v) is 5.11. The van der Waals surface area contributed by atoms with Gasteiger partial charge in [0.1, 0.15) is 5.60 Å². The van der Waals surface area contributed by atoms with Crippen molar-refractivity contribution in [1.82, 2.24) is 14.9 Å². The molecule has 0 saturated carbocycles. The number of carbonyl (C=O) groups is 2. The number of urea groups is 1. The lowest BCUT2D eigenvalue weighted by Crippen LogP contribution is -2.33. The summed E-state index contributed by atoms with van der Waals surface area (Å²) in [5.74, 6) is 0. The first-order chi connectivity index (χ1) is 13.4. The van der Waals surface area contributed by atoms with Gasteiger partial charge in [-0.3, -0.25) is 0 Å². The van der Waals surface area contributed by atoms with Crippen molar-refractivity contribution < 1.29 is 22.7 Å². The third kappa shape index (κ3) is 10.1. The van der Waals surface area contributed by atoms with Crippen molar-refractivity contribution >= 4 is 27.8 Å². The highest BCUT2D eigenvalue weighted by Crippen LogP contribution is 2.14. The van der Waals surface area contributed by atoms with Gasteiger partial charge in [0.15, 0.2) is 0 Å². The Kier molecular flexibility index (Phi) is 9.38.